The van der Waals surface area contributed by atoms with Crippen LogP contribution in [-0.2, 0) is 16.0 Å². The van der Waals surface area contributed by atoms with E-state index >= 15 is 0 Å². The highest BCUT2D eigenvalue weighted by Crippen LogP contribution is 2.19. The van der Waals surface area contributed by atoms with Crippen LogP contribution in [-0.4, -0.2) is 52.7 Å². The second-order valence-corrected chi connectivity index (χ2v) is 11.1. The number of nitrogens with one attached hydrogen (secondary N) is 3. The number of benzene rings is 2. The van der Waals surface area contributed by atoms with Gasteiger partial charge in [-0.05, 0) is 62.9 Å². The molecule has 3 rings (SSSR count). The third kappa shape index (κ3) is 9.49. The molecule has 0 aliphatic heterocycles. The van der Waals surface area contributed by atoms with Gasteiger partial charge >= 0.3 is 6.09 Å². The van der Waals surface area contributed by atoms with Crippen LogP contribution >= 0.6 is 0 Å². The molecule has 4 N–H and O–H groups in total. The van der Waals surface area contributed by atoms with Crippen molar-refractivity contribution in [1.29, 1.82) is 0 Å². The summed E-state index contributed by atoms with van der Waals surface area (Å²) < 4.78 is 10.8. The van der Waals surface area contributed by atoms with Crippen molar-refractivity contribution in [2.75, 3.05) is 5.32 Å². The normalized spacial score (nSPS) is 15.1. The van der Waals surface area contributed by atoms with Gasteiger partial charge in [0, 0.05) is 5.69 Å². The monoisotopic (exact) mass is 563 g/mol. The number of para-hydroxylation sites is 1. The predicted octanol–water partition coefficient (Wildman–Crippen LogP) is 4.97. The number of rotatable bonds is 13. The molecule has 0 fully saturated rings. The van der Waals surface area contributed by atoms with Crippen molar-refractivity contribution in [1.82, 2.24) is 10.6 Å². The molecular weight excluding hydrogens is 522 g/mol. The van der Waals surface area contributed by atoms with Gasteiger partial charge in [0.05, 0.1) is 18.3 Å². The number of aliphatic hydroxyl groups excluding tert-OH is 1. The number of amides is 2. The number of hydrogen-bond donors (Lipinski definition) is 4. The molecule has 1 heterocycles. The van der Waals surface area contributed by atoms with Gasteiger partial charge in [-0.25, -0.2) is 4.79 Å². The Morgan fingerprint density at radius 3 is 2.10 bits per heavy atom. The molecule has 9 nitrogen and oxygen atoms in total. The Hall–Kier alpha value is -4.11. The van der Waals surface area contributed by atoms with Gasteiger partial charge in [-0.2, -0.15) is 0 Å². The number of alkyl carbamates (subject to hydrolysis) is 1. The van der Waals surface area contributed by atoms with Gasteiger partial charge in [0.2, 0.25) is 11.7 Å². The van der Waals surface area contributed by atoms with Gasteiger partial charge in [-0.15, -0.1) is 0 Å². The second kappa shape index (κ2) is 14.5. The molecule has 0 aliphatic carbocycles. The highest BCUT2D eigenvalue weighted by atomic mass is 16.6. The number of carbonyl (C=O) groups excluding carboxylic acids is 3. The Kier molecular flexibility index (Phi) is 11.1. The smallest absolute Gasteiger partial charge is 0.407 e. The van der Waals surface area contributed by atoms with E-state index in [-0.39, 0.29) is 23.9 Å². The van der Waals surface area contributed by atoms with Gasteiger partial charge in [-0.3, -0.25) is 9.59 Å². The lowest BCUT2D eigenvalue weighted by Gasteiger charge is -2.33. The van der Waals surface area contributed by atoms with Crippen LogP contribution in [0.4, 0.5) is 10.5 Å². The van der Waals surface area contributed by atoms with Gasteiger partial charge in [0.15, 0.2) is 5.76 Å². The summed E-state index contributed by atoms with van der Waals surface area (Å²) in [5.41, 5.74) is 0.665. The zero-order valence-electron chi connectivity index (χ0n) is 24.3. The number of hydrogen-bond acceptors (Lipinski definition) is 7. The maximum Gasteiger partial charge on any atom is 0.407 e. The van der Waals surface area contributed by atoms with Crippen LogP contribution in [0.2, 0.25) is 0 Å². The van der Waals surface area contributed by atoms with Crippen LogP contribution in [0, 0.1) is 5.92 Å². The Morgan fingerprint density at radius 1 is 0.902 bits per heavy atom. The lowest BCUT2D eigenvalue weighted by Crippen LogP contribution is -2.59. The first-order chi connectivity index (χ1) is 19.5. The van der Waals surface area contributed by atoms with Crippen LogP contribution in [0.5, 0.6) is 0 Å². The van der Waals surface area contributed by atoms with E-state index in [1.807, 2.05) is 50.2 Å². The summed E-state index contributed by atoms with van der Waals surface area (Å²) in [4.78, 5) is 40.0. The molecule has 0 bridgehead atoms. The molecule has 0 radical (unpaired) electrons. The van der Waals surface area contributed by atoms with Crippen molar-refractivity contribution in [3.63, 3.8) is 0 Å². The molecular formula is C32H41N3O6. The van der Waals surface area contributed by atoms with Crippen LogP contribution in [0.1, 0.15) is 57.2 Å². The van der Waals surface area contributed by atoms with E-state index in [4.69, 9.17) is 9.15 Å². The van der Waals surface area contributed by atoms with E-state index in [0.29, 0.717) is 12.1 Å². The summed E-state index contributed by atoms with van der Waals surface area (Å²) in [6.07, 6.45) is 0.110. The Bertz CT molecular complexity index is 1240. The quantitative estimate of drug-likeness (QED) is 0.216. The number of Topliss-reactive ketones (excluding diaryl/α,β-unsaturated/α-hetero) is 1. The van der Waals surface area contributed by atoms with Gasteiger partial charge in [0.1, 0.15) is 17.7 Å². The first kappa shape index (κ1) is 31.4. The summed E-state index contributed by atoms with van der Waals surface area (Å²) in [6.45, 7) is 9.02. The Labute approximate surface area is 241 Å². The van der Waals surface area contributed by atoms with Crippen molar-refractivity contribution >= 4 is 23.5 Å². The molecule has 5 atom stereocenters. The summed E-state index contributed by atoms with van der Waals surface area (Å²) in [6, 6.07) is 18.4. The number of anilines is 1. The first-order valence-electron chi connectivity index (χ1n) is 13.9. The molecule has 1 aromatic heterocycles. The third-order valence-corrected chi connectivity index (χ3v) is 6.69. The number of carbonyl (C=O) groups is 3. The highest BCUT2D eigenvalue weighted by molar-refractivity contribution is 6.01. The highest BCUT2D eigenvalue weighted by Gasteiger charge is 2.38. The van der Waals surface area contributed by atoms with Crippen molar-refractivity contribution in [2.45, 2.75) is 77.3 Å². The van der Waals surface area contributed by atoms with Crippen LogP contribution in [0.25, 0.3) is 0 Å². The minimum absolute atomic E-state index is 0.136. The van der Waals surface area contributed by atoms with E-state index < -0.39 is 41.8 Å². The van der Waals surface area contributed by atoms with Gasteiger partial charge in [-0.1, -0.05) is 68.8 Å². The molecule has 220 valence electrons. The van der Waals surface area contributed by atoms with E-state index in [9.17, 15) is 19.5 Å². The maximum absolute atomic E-state index is 13.9. The van der Waals surface area contributed by atoms with Gasteiger partial charge < -0.3 is 30.2 Å². The topological polar surface area (TPSA) is 130 Å². The molecule has 0 saturated heterocycles. The molecule has 41 heavy (non-hydrogen) atoms. The lowest BCUT2D eigenvalue weighted by molar-refractivity contribution is -0.125. The standard InChI is InChI=1S/C32H41N3O6/c1-6-21(2)26(29(37)25-18-13-19-40-25)35-30(38)27(33-23-16-11-8-12-17-23)28(36)24(20-22-14-9-7-10-15-22)34-31(39)41-32(3,4)5/h7-19,21,24,26-28,33,36H,6,20H2,1-5H3,(H,34,39)(H,35,38)/t21-,24+,26+,27-,28-/m1/s1. The van der Waals surface area contributed by atoms with Crippen LogP contribution in [0.3, 0.4) is 0 Å². The summed E-state index contributed by atoms with van der Waals surface area (Å²) in [7, 11) is 0. The fraction of sp³-hybridized carbons (Fsp3) is 0.406. The first-order valence-corrected chi connectivity index (χ1v) is 13.9. The van der Waals surface area contributed by atoms with E-state index in [1.54, 1.807) is 57.2 Å². The van der Waals surface area contributed by atoms with Crippen molar-refractivity contribution < 1.29 is 28.6 Å². The average Bonchev–Trinajstić information content (AvgIpc) is 3.48. The number of ketones is 1. The summed E-state index contributed by atoms with van der Waals surface area (Å²) >= 11 is 0. The minimum Gasteiger partial charge on any atom is -0.461 e. The fourth-order valence-corrected chi connectivity index (χ4v) is 4.35. The molecule has 3 aromatic rings. The number of aliphatic hydroxyl groups is 1. The molecule has 0 aliphatic rings. The molecule has 0 spiro atoms. The van der Waals surface area contributed by atoms with E-state index in [1.165, 1.54) is 6.26 Å². The average molecular weight is 564 g/mol. The van der Waals surface area contributed by atoms with Crippen LogP contribution < -0.4 is 16.0 Å². The zero-order valence-corrected chi connectivity index (χ0v) is 24.3. The zero-order chi connectivity index (χ0) is 30.0. The van der Waals surface area contributed by atoms with Gasteiger partial charge in [0.25, 0.3) is 0 Å². The molecule has 2 aromatic carbocycles. The Morgan fingerprint density at radius 2 is 1.54 bits per heavy atom. The van der Waals surface area contributed by atoms with Crippen molar-refractivity contribution in [2.24, 2.45) is 5.92 Å². The van der Waals surface area contributed by atoms with E-state index in [2.05, 4.69) is 16.0 Å². The van der Waals surface area contributed by atoms with Crippen LogP contribution in [0.15, 0.2) is 83.5 Å². The lowest BCUT2D eigenvalue weighted by atomic mass is 9.92. The van der Waals surface area contributed by atoms with Crippen molar-refractivity contribution in [3.8, 4) is 0 Å². The number of ether oxygens (including phenoxy) is 1. The summed E-state index contributed by atoms with van der Waals surface area (Å²) in [5.74, 6) is -1.04. The molecule has 2 amide bonds. The molecule has 0 saturated carbocycles. The second-order valence-electron chi connectivity index (χ2n) is 11.1. The van der Waals surface area contributed by atoms with E-state index in [0.717, 1.165) is 5.56 Å². The van der Waals surface area contributed by atoms with Crippen molar-refractivity contribution in [3.05, 3.63) is 90.4 Å². The molecule has 0 unspecified atom stereocenters. The third-order valence-electron chi connectivity index (χ3n) is 6.69. The summed E-state index contributed by atoms with van der Waals surface area (Å²) in [5, 5.41) is 20.5. The Balaban J connectivity index is 1.94. The maximum atomic E-state index is 13.9. The molecule has 9 heteroatoms. The fourth-order valence-electron chi connectivity index (χ4n) is 4.35. The predicted molar refractivity (Wildman–Crippen MR) is 158 cm³/mol. The largest absolute Gasteiger partial charge is 0.461 e. The SMILES string of the molecule is CC[C@@H](C)[C@H](NC(=O)[C@H](Nc1ccccc1)[C@H](O)[C@H](Cc1ccccc1)NC(=O)OC(C)(C)C)C(=O)c1ccco1. The number of furan rings is 1. The minimum atomic E-state index is -1.42.